The second-order valence-electron chi connectivity index (χ2n) is 11.2. The number of hydrogen-bond donors (Lipinski definition) is 1. The first-order valence-electron chi connectivity index (χ1n) is 12.7. The summed E-state index contributed by atoms with van der Waals surface area (Å²) < 4.78 is 27.7. The van der Waals surface area contributed by atoms with E-state index in [0.717, 1.165) is 11.1 Å². The van der Waals surface area contributed by atoms with Crippen LogP contribution >= 0.6 is 23.2 Å². The predicted molar refractivity (Wildman–Crippen MR) is 154 cm³/mol. The average Bonchev–Trinajstić information content (AvgIpc) is 2.82. The number of piperidine rings is 1. The number of halogens is 2. The van der Waals surface area contributed by atoms with E-state index in [1.54, 1.807) is 26.8 Å². The quantitative estimate of drug-likeness (QED) is 0.329. The van der Waals surface area contributed by atoms with Crippen molar-refractivity contribution in [3.05, 3.63) is 82.4 Å². The number of nitrogens with zero attached hydrogens (tertiary/aromatic N) is 1. The summed E-state index contributed by atoms with van der Waals surface area (Å²) in [5.74, 6) is -0.0803. The van der Waals surface area contributed by atoms with Gasteiger partial charge in [0.25, 0.3) is 0 Å². The molecule has 37 heavy (non-hydrogen) atoms. The SMILES string of the molecule is C=CC[C@@]1(C)C[C@H](c2cccc(Cl)c2)[C@@H](c2ccc(Cl)cc2)N(C(CC)CNS(=O)(=O)C(C)(C)C)C1=O. The van der Waals surface area contributed by atoms with E-state index < -0.39 is 20.2 Å². The van der Waals surface area contributed by atoms with Crippen molar-refractivity contribution in [2.75, 3.05) is 6.54 Å². The zero-order chi connectivity index (χ0) is 27.6. The molecule has 3 rings (SSSR count). The molecule has 2 aromatic carbocycles. The zero-order valence-corrected chi connectivity index (χ0v) is 24.6. The molecule has 0 bridgehead atoms. The predicted octanol–water partition coefficient (Wildman–Crippen LogP) is 7.13. The number of sulfonamides is 1. The number of allylic oxidation sites excluding steroid dienone is 1. The molecule has 1 aliphatic rings. The number of benzene rings is 2. The van der Waals surface area contributed by atoms with E-state index in [1.807, 2.05) is 67.3 Å². The normalized spacial score (nSPS) is 23.6. The summed E-state index contributed by atoms with van der Waals surface area (Å²) in [6, 6.07) is 14.6. The van der Waals surface area contributed by atoms with Crippen LogP contribution in [0.25, 0.3) is 0 Å². The van der Waals surface area contributed by atoms with Crippen LogP contribution in [0.5, 0.6) is 0 Å². The maximum Gasteiger partial charge on any atom is 0.229 e. The topological polar surface area (TPSA) is 66.5 Å². The summed E-state index contributed by atoms with van der Waals surface area (Å²) in [4.78, 5) is 16.2. The van der Waals surface area contributed by atoms with Crippen molar-refractivity contribution < 1.29 is 13.2 Å². The van der Waals surface area contributed by atoms with Gasteiger partial charge in [-0.15, -0.1) is 6.58 Å². The number of nitrogens with one attached hydrogen (secondary N) is 1. The molecule has 8 heteroatoms. The molecule has 0 radical (unpaired) electrons. The molecule has 202 valence electrons. The summed E-state index contributed by atoms with van der Waals surface area (Å²) in [6.45, 7) is 13.0. The zero-order valence-electron chi connectivity index (χ0n) is 22.3. The van der Waals surface area contributed by atoms with Crippen LogP contribution in [0, 0.1) is 5.41 Å². The molecular formula is C29H38Cl2N2O3S. The minimum absolute atomic E-state index is 0.00700. The Kier molecular flexibility index (Phi) is 9.22. The fourth-order valence-corrected chi connectivity index (χ4v) is 6.32. The van der Waals surface area contributed by atoms with Gasteiger partial charge in [0.1, 0.15) is 0 Å². The van der Waals surface area contributed by atoms with Gasteiger partial charge in [-0.2, -0.15) is 0 Å². The van der Waals surface area contributed by atoms with E-state index in [2.05, 4.69) is 11.3 Å². The van der Waals surface area contributed by atoms with Crippen molar-refractivity contribution in [2.45, 2.75) is 76.6 Å². The Balaban J connectivity index is 2.18. The lowest BCUT2D eigenvalue weighted by Crippen LogP contribution is -2.58. The fourth-order valence-electron chi connectivity index (χ4n) is 5.15. The Hall–Kier alpha value is -1.86. The van der Waals surface area contributed by atoms with Gasteiger partial charge in [-0.05, 0) is 75.4 Å². The molecule has 0 aliphatic carbocycles. The summed E-state index contributed by atoms with van der Waals surface area (Å²) >= 11 is 12.6. The highest BCUT2D eigenvalue weighted by Crippen LogP contribution is 2.52. The molecule has 1 amide bonds. The summed E-state index contributed by atoms with van der Waals surface area (Å²) in [7, 11) is -3.60. The van der Waals surface area contributed by atoms with E-state index in [0.29, 0.717) is 29.3 Å². The smallest absolute Gasteiger partial charge is 0.229 e. The van der Waals surface area contributed by atoms with Gasteiger partial charge in [0.15, 0.2) is 0 Å². The third-order valence-electron chi connectivity index (χ3n) is 7.37. The van der Waals surface area contributed by atoms with Crippen molar-refractivity contribution in [2.24, 2.45) is 5.41 Å². The highest BCUT2D eigenvalue weighted by atomic mass is 35.5. The van der Waals surface area contributed by atoms with Crippen LogP contribution in [0.2, 0.25) is 10.0 Å². The van der Waals surface area contributed by atoms with E-state index in [1.165, 1.54) is 0 Å². The molecule has 1 aliphatic heterocycles. The highest BCUT2D eigenvalue weighted by molar-refractivity contribution is 7.90. The summed E-state index contributed by atoms with van der Waals surface area (Å²) in [5.41, 5.74) is 1.28. The fraction of sp³-hybridized carbons (Fsp3) is 0.483. The van der Waals surface area contributed by atoms with Gasteiger partial charge >= 0.3 is 0 Å². The molecule has 0 aromatic heterocycles. The van der Waals surface area contributed by atoms with Crippen LogP contribution in [0.1, 0.15) is 77.0 Å². The lowest BCUT2D eigenvalue weighted by molar-refractivity contribution is -0.154. The van der Waals surface area contributed by atoms with E-state index in [-0.39, 0.29) is 30.5 Å². The minimum Gasteiger partial charge on any atom is -0.330 e. The summed E-state index contributed by atoms with van der Waals surface area (Å²) in [6.07, 6.45) is 3.48. The maximum absolute atomic E-state index is 14.3. The third kappa shape index (κ3) is 6.42. The molecule has 1 fully saturated rings. The molecule has 1 unspecified atom stereocenters. The Morgan fingerprint density at radius 3 is 2.32 bits per heavy atom. The molecule has 2 aromatic rings. The lowest BCUT2D eigenvalue weighted by atomic mass is 9.67. The van der Waals surface area contributed by atoms with Crippen molar-refractivity contribution in [3.63, 3.8) is 0 Å². The Labute approximate surface area is 232 Å². The molecular weight excluding hydrogens is 527 g/mol. The molecule has 1 heterocycles. The summed E-state index contributed by atoms with van der Waals surface area (Å²) in [5, 5.41) is 1.24. The van der Waals surface area contributed by atoms with Crippen molar-refractivity contribution in [3.8, 4) is 0 Å². The third-order valence-corrected chi connectivity index (χ3v) is 10.0. The van der Waals surface area contributed by atoms with E-state index >= 15 is 0 Å². The lowest BCUT2D eigenvalue weighted by Gasteiger charge is -2.52. The van der Waals surface area contributed by atoms with Gasteiger partial charge in [0, 0.05) is 28.5 Å². The van der Waals surface area contributed by atoms with E-state index in [4.69, 9.17) is 23.2 Å². The largest absolute Gasteiger partial charge is 0.330 e. The molecule has 1 saturated heterocycles. The maximum atomic E-state index is 14.3. The Bertz CT molecular complexity index is 1220. The van der Waals surface area contributed by atoms with Crippen LogP contribution < -0.4 is 4.72 Å². The minimum atomic E-state index is -3.60. The highest BCUT2D eigenvalue weighted by Gasteiger charge is 2.51. The van der Waals surface area contributed by atoms with Gasteiger partial charge in [0.05, 0.1) is 16.2 Å². The molecule has 1 N–H and O–H groups in total. The van der Waals surface area contributed by atoms with Crippen LogP contribution in [-0.4, -0.2) is 36.6 Å². The van der Waals surface area contributed by atoms with Crippen LogP contribution in [-0.2, 0) is 14.8 Å². The van der Waals surface area contributed by atoms with Gasteiger partial charge < -0.3 is 4.90 Å². The molecule has 5 nitrogen and oxygen atoms in total. The van der Waals surface area contributed by atoms with Gasteiger partial charge in [0.2, 0.25) is 15.9 Å². The van der Waals surface area contributed by atoms with Crippen LogP contribution in [0.15, 0.2) is 61.2 Å². The van der Waals surface area contributed by atoms with Crippen molar-refractivity contribution in [1.29, 1.82) is 0 Å². The average molecular weight is 566 g/mol. The molecule has 0 saturated carbocycles. The van der Waals surface area contributed by atoms with Gasteiger partial charge in [-0.25, -0.2) is 13.1 Å². The number of amides is 1. The second-order valence-corrected chi connectivity index (χ2v) is 14.5. The standard InChI is InChI=1S/C29H38Cl2N2O3S/c1-7-16-29(6)18-25(21-10-9-11-23(31)17-21)26(20-12-14-22(30)15-13-20)33(27(29)34)24(8-2)19-32-37(35,36)28(3,4)5/h7,9-15,17,24-26,32H,1,8,16,18-19H2,2-6H3/t24?,25-,26-,29+/m1/s1. The Morgan fingerprint density at radius 2 is 1.78 bits per heavy atom. The number of carbonyl (C=O) groups is 1. The number of hydrogen-bond acceptors (Lipinski definition) is 3. The molecule has 0 spiro atoms. The number of carbonyl (C=O) groups excluding carboxylic acids is 1. The van der Waals surface area contributed by atoms with Crippen molar-refractivity contribution in [1.82, 2.24) is 9.62 Å². The van der Waals surface area contributed by atoms with Crippen LogP contribution in [0.3, 0.4) is 0 Å². The number of likely N-dealkylation sites (tertiary alicyclic amines) is 1. The van der Waals surface area contributed by atoms with Crippen molar-refractivity contribution >= 4 is 39.1 Å². The number of rotatable bonds is 9. The van der Waals surface area contributed by atoms with Gasteiger partial charge in [-0.1, -0.05) is 67.4 Å². The second kappa shape index (κ2) is 11.5. The Morgan fingerprint density at radius 1 is 1.14 bits per heavy atom. The monoisotopic (exact) mass is 564 g/mol. The first-order valence-corrected chi connectivity index (χ1v) is 14.9. The van der Waals surface area contributed by atoms with Gasteiger partial charge in [-0.3, -0.25) is 4.79 Å². The first-order chi connectivity index (χ1) is 17.2. The van der Waals surface area contributed by atoms with Crippen LogP contribution in [0.4, 0.5) is 0 Å². The molecule has 4 atom stereocenters. The van der Waals surface area contributed by atoms with E-state index in [9.17, 15) is 13.2 Å². The first kappa shape index (κ1) is 29.7.